The van der Waals surface area contributed by atoms with Crippen molar-refractivity contribution in [2.75, 3.05) is 0 Å². The van der Waals surface area contributed by atoms with Crippen LogP contribution in [-0.4, -0.2) is 9.38 Å². The second-order valence-corrected chi connectivity index (χ2v) is 13.1. The number of allylic oxidation sites excluding steroid dienone is 1. The quantitative estimate of drug-likeness (QED) is 0.181. The van der Waals surface area contributed by atoms with Crippen molar-refractivity contribution in [3.05, 3.63) is 162 Å². The van der Waals surface area contributed by atoms with Crippen LogP contribution in [0.2, 0.25) is 0 Å². The smallest absolute Gasteiger partial charge is 0.146 e. The summed E-state index contributed by atoms with van der Waals surface area (Å²) < 4.78 is 2.34. The molecule has 11 rings (SSSR count). The fourth-order valence-electron chi connectivity index (χ4n) is 8.43. The van der Waals surface area contributed by atoms with Crippen molar-refractivity contribution in [1.29, 1.82) is 0 Å². The van der Waals surface area contributed by atoms with Gasteiger partial charge in [-0.15, -0.1) is 0 Å². The molecule has 0 radical (unpaired) electrons. The van der Waals surface area contributed by atoms with Gasteiger partial charge in [0.1, 0.15) is 5.65 Å². The molecule has 0 fully saturated rings. The van der Waals surface area contributed by atoms with Gasteiger partial charge >= 0.3 is 0 Å². The van der Waals surface area contributed by atoms with Crippen LogP contribution in [0.1, 0.15) is 22.6 Å². The maximum Gasteiger partial charge on any atom is 0.146 e. The van der Waals surface area contributed by atoms with Gasteiger partial charge in [0, 0.05) is 16.9 Å². The van der Waals surface area contributed by atoms with E-state index in [1.54, 1.807) is 0 Å². The number of hydrogen-bond acceptors (Lipinski definition) is 1. The highest BCUT2D eigenvalue weighted by atomic mass is 15.0. The van der Waals surface area contributed by atoms with E-state index in [1.807, 2.05) is 0 Å². The normalized spacial score (nSPS) is 14.9. The highest BCUT2D eigenvalue weighted by Gasteiger charge is 2.23. The number of pyridine rings is 1. The standard InChI is InChI=1S/C45H28N2/c1-3-10-41-36(8-1)39-26-33(20-23-38(39)45-46-40-9-2-4-11-42(40)47(41)45)31-14-15-32-25-34(17-16-30(32)24-31)35-21-18-29-13-12-27-6-5-7-28-19-22-37(35)44(29)43(27)28/h1-25,33H,26H2. The predicted molar refractivity (Wildman–Crippen MR) is 199 cm³/mol. The largest absolute Gasteiger partial charge is 0.292 e. The maximum absolute atomic E-state index is 5.10. The summed E-state index contributed by atoms with van der Waals surface area (Å²) in [5.41, 5.74) is 11.0. The molecule has 10 aromatic rings. The minimum atomic E-state index is 0.305. The molecule has 2 aromatic heterocycles. The Bertz CT molecular complexity index is 2930. The van der Waals surface area contributed by atoms with Crippen molar-refractivity contribution < 1.29 is 0 Å². The van der Waals surface area contributed by atoms with Gasteiger partial charge in [-0.25, -0.2) is 4.98 Å². The molecule has 1 unspecified atom stereocenters. The molecule has 1 aliphatic rings. The summed E-state index contributed by atoms with van der Waals surface area (Å²) in [6.45, 7) is 0. The summed E-state index contributed by atoms with van der Waals surface area (Å²) in [5, 5.41) is 11.8. The molecule has 0 bridgehead atoms. The lowest BCUT2D eigenvalue weighted by Crippen LogP contribution is -2.09. The average molecular weight is 597 g/mol. The van der Waals surface area contributed by atoms with Crippen molar-refractivity contribution >= 4 is 76.7 Å². The molecule has 2 heterocycles. The van der Waals surface area contributed by atoms with Crippen molar-refractivity contribution in [2.45, 2.75) is 12.3 Å². The Labute approximate surface area is 271 Å². The highest BCUT2D eigenvalue weighted by Crippen LogP contribution is 2.41. The van der Waals surface area contributed by atoms with Crippen LogP contribution in [-0.2, 0) is 6.42 Å². The summed E-state index contributed by atoms with van der Waals surface area (Å²) in [5.74, 6) is 0.305. The van der Waals surface area contributed by atoms with E-state index in [1.165, 1.54) is 81.8 Å². The molecule has 0 aliphatic heterocycles. The molecule has 0 saturated carbocycles. The van der Waals surface area contributed by atoms with Gasteiger partial charge in [-0.05, 0) is 96.0 Å². The predicted octanol–water partition coefficient (Wildman–Crippen LogP) is 11.7. The zero-order valence-corrected chi connectivity index (χ0v) is 25.6. The van der Waals surface area contributed by atoms with Crippen LogP contribution in [0, 0.1) is 0 Å². The van der Waals surface area contributed by atoms with E-state index in [9.17, 15) is 0 Å². The molecule has 0 N–H and O–H groups in total. The molecule has 218 valence electrons. The second-order valence-electron chi connectivity index (χ2n) is 13.1. The molecular formula is C45H28N2. The van der Waals surface area contributed by atoms with Crippen LogP contribution in [0.3, 0.4) is 0 Å². The number of nitrogens with zero attached hydrogens (tertiary/aromatic N) is 2. The van der Waals surface area contributed by atoms with Gasteiger partial charge in [0.15, 0.2) is 0 Å². The Morgan fingerprint density at radius 3 is 2.19 bits per heavy atom. The number of fused-ring (bicyclic) bond motifs is 9. The second kappa shape index (κ2) is 9.28. The third-order valence-electron chi connectivity index (χ3n) is 10.6. The van der Waals surface area contributed by atoms with Gasteiger partial charge in [-0.3, -0.25) is 4.40 Å². The van der Waals surface area contributed by atoms with Gasteiger partial charge in [0.25, 0.3) is 0 Å². The summed E-state index contributed by atoms with van der Waals surface area (Å²) in [7, 11) is 0. The highest BCUT2D eigenvalue weighted by molar-refractivity contribution is 6.25. The van der Waals surface area contributed by atoms with E-state index in [2.05, 4.69) is 156 Å². The average Bonchev–Trinajstić information content (AvgIpc) is 3.53. The van der Waals surface area contributed by atoms with Crippen LogP contribution in [0.5, 0.6) is 0 Å². The Morgan fingerprint density at radius 1 is 0.553 bits per heavy atom. The van der Waals surface area contributed by atoms with Crippen molar-refractivity contribution in [3.63, 3.8) is 0 Å². The lowest BCUT2D eigenvalue weighted by atomic mass is 9.83. The summed E-state index contributed by atoms with van der Waals surface area (Å²) in [4.78, 5) is 5.10. The van der Waals surface area contributed by atoms with E-state index in [0.29, 0.717) is 5.92 Å². The van der Waals surface area contributed by atoms with Crippen molar-refractivity contribution in [2.24, 2.45) is 0 Å². The van der Waals surface area contributed by atoms with Crippen LogP contribution in [0.4, 0.5) is 0 Å². The molecule has 0 spiro atoms. The molecule has 8 aromatic carbocycles. The summed E-state index contributed by atoms with van der Waals surface area (Å²) in [6.07, 6.45) is 5.66. The summed E-state index contributed by atoms with van der Waals surface area (Å²) in [6, 6.07) is 51.6. The Morgan fingerprint density at radius 2 is 1.28 bits per heavy atom. The van der Waals surface area contributed by atoms with Gasteiger partial charge < -0.3 is 0 Å². The van der Waals surface area contributed by atoms with Crippen molar-refractivity contribution in [1.82, 2.24) is 9.38 Å². The molecule has 0 amide bonds. The minimum Gasteiger partial charge on any atom is -0.292 e. The number of aromatic nitrogens is 2. The van der Waals surface area contributed by atoms with E-state index in [4.69, 9.17) is 4.98 Å². The van der Waals surface area contributed by atoms with Gasteiger partial charge in [0.05, 0.1) is 16.6 Å². The first-order valence-electron chi connectivity index (χ1n) is 16.5. The first-order chi connectivity index (χ1) is 23.3. The number of imidazole rings is 1. The van der Waals surface area contributed by atoms with E-state index in [0.717, 1.165) is 23.1 Å². The molecule has 2 heteroatoms. The SMILES string of the molecule is C1=CC(c2ccc3cc(-c4ccc5ccc6cccc7ccc4c5c67)ccc3c2)Cc2c1c1nc3ccccc3n1c1ccccc21. The fraction of sp³-hybridized carbons (Fsp3) is 0.0444. The van der Waals surface area contributed by atoms with E-state index >= 15 is 0 Å². The topological polar surface area (TPSA) is 17.3 Å². The van der Waals surface area contributed by atoms with Crippen LogP contribution < -0.4 is 0 Å². The maximum atomic E-state index is 5.10. The summed E-state index contributed by atoms with van der Waals surface area (Å²) >= 11 is 0. The van der Waals surface area contributed by atoms with Crippen LogP contribution in [0.25, 0.3) is 87.9 Å². The minimum absolute atomic E-state index is 0.305. The van der Waals surface area contributed by atoms with Gasteiger partial charge in [-0.1, -0.05) is 127 Å². The lowest BCUT2D eigenvalue weighted by molar-refractivity contribution is 0.834. The third kappa shape index (κ3) is 3.53. The first kappa shape index (κ1) is 25.2. The van der Waals surface area contributed by atoms with Gasteiger partial charge in [0.2, 0.25) is 0 Å². The lowest BCUT2D eigenvalue weighted by Gasteiger charge is -2.23. The Balaban J connectivity index is 1.01. The van der Waals surface area contributed by atoms with Crippen LogP contribution >= 0.6 is 0 Å². The number of benzene rings is 8. The van der Waals surface area contributed by atoms with E-state index in [-0.39, 0.29) is 0 Å². The van der Waals surface area contributed by atoms with E-state index < -0.39 is 0 Å². The molecule has 2 nitrogen and oxygen atoms in total. The zero-order chi connectivity index (χ0) is 30.6. The number of rotatable bonds is 2. The Hall–Kier alpha value is -5.99. The molecule has 0 saturated heterocycles. The van der Waals surface area contributed by atoms with Crippen LogP contribution in [0.15, 0.2) is 146 Å². The molecule has 47 heavy (non-hydrogen) atoms. The zero-order valence-electron chi connectivity index (χ0n) is 25.6. The Kier molecular flexibility index (Phi) is 4.98. The molecular weight excluding hydrogens is 569 g/mol. The number of hydrogen-bond donors (Lipinski definition) is 0. The van der Waals surface area contributed by atoms with Gasteiger partial charge in [-0.2, -0.15) is 0 Å². The monoisotopic (exact) mass is 596 g/mol. The number of para-hydroxylation sites is 3. The first-order valence-corrected chi connectivity index (χ1v) is 16.5. The third-order valence-corrected chi connectivity index (χ3v) is 10.6. The fourth-order valence-corrected chi connectivity index (χ4v) is 8.43. The molecule has 1 aliphatic carbocycles. The molecule has 1 atom stereocenters. The van der Waals surface area contributed by atoms with Crippen molar-refractivity contribution in [3.8, 4) is 11.1 Å².